The largest absolute Gasteiger partial charge is 0.256 e. The molecule has 0 amide bonds. The van der Waals surface area contributed by atoms with Crippen LogP contribution in [-0.4, -0.2) is 4.57 Å². The van der Waals surface area contributed by atoms with E-state index in [0.717, 1.165) is 6.54 Å². The zero-order chi connectivity index (χ0) is 17.7. The van der Waals surface area contributed by atoms with Crippen LogP contribution in [0.4, 0.5) is 0 Å². The quantitative estimate of drug-likeness (QED) is 0.325. The lowest BCUT2D eigenvalue weighted by Gasteiger charge is -2.06. The first-order valence-corrected chi connectivity index (χ1v) is 10.5. The van der Waals surface area contributed by atoms with E-state index in [1.807, 2.05) is 0 Å². The Bertz CT molecular complexity index is 571. The smallest absolute Gasteiger partial charge is 0.234 e. The SMILES string of the molecule is CCCCCCc1n(CCCCC)cc[n+]1CCCc1ccccc1. The number of hydrogen-bond acceptors (Lipinski definition) is 0. The lowest BCUT2D eigenvalue weighted by Crippen LogP contribution is -2.37. The molecule has 0 saturated heterocycles. The first kappa shape index (κ1) is 19.8. The van der Waals surface area contributed by atoms with Crippen molar-refractivity contribution < 1.29 is 4.57 Å². The molecule has 1 aromatic carbocycles. The lowest BCUT2D eigenvalue weighted by molar-refractivity contribution is -0.704. The van der Waals surface area contributed by atoms with Gasteiger partial charge in [-0.2, -0.15) is 0 Å². The van der Waals surface area contributed by atoms with Crippen molar-refractivity contribution in [3.63, 3.8) is 0 Å². The Balaban J connectivity index is 1.91. The van der Waals surface area contributed by atoms with Gasteiger partial charge in [0.25, 0.3) is 5.82 Å². The fourth-order valence-corrected chi connectivity index (χ4v) is 3.53. The number of rotatable bonds is 13. The van der Waals surface area contributed by atoms with Crippen molar-refractivity contribution in [2.75, 3.05) is 0 Å². The summed E-state index contributed by atoms with van der Waals surface area (Å²) in [4.78, 5) is 0. The fraction of sp³-hybridized carbons (Fsp3) is 0.609. The molecule has 0 aliphatic heterocycles. The molecule has 0 radical (unpaired) electrons. The van der Waals surface area contributed by atoms with E-state index < -0.39 is 0 Å². The zero-order valence-electron chi connectivity index (χ0n) is 16.4. The monoisotopic (exact) mass is 341 g/mol. The van der Waals surface area contributed by atoms with Crippen LogP contribution >= 0.6 is 0 Å². The van der Waals surface area contributed by atoms with Crippen molar-refractivity contribution in [3.8, 4) is 0 Å². The summed E-state index contributed by atoms with van der Waals surface area (Å²) in [7, 11) is 0. The topological polar surface area (TPSA) is 8.81 Å². The van der Waals surface area contributed by atoms with Crippen LogP contribution in [0.25, 0.3) is 0 Å². The molecular weight excluding hydrogens is 304 g/mol. The second kappa shape index (κ2) is 11.9. The van der Waals surface area contributed by atoms with Crippen molar-refractivity contribution in [1.29, 1.82) is 0 Å². The number of imidazole rings is 1. The summed E-state index contributed by atoms with van der Waals surface area (Å²) in [6.07, 6.45) is 17.5. The van der Waals surface area contributed by atoms with E-state index in [0.29, 0.717) is 0 Å². The average Bonchev–Trinajstić information content (AvgIpc) is 3.02. The minimum absolute atomic E-state index is 1.14. The Morgan fingerprint density at radius 2 is 1.56 bits per heavy atom. The molecule has 1 heterocycles. The standard InChI is InChI=1S/C23H37N2/c1-3-5-7-11-17-23-24(18-12-6-4-2)20-21-25(23)19-13-16-22-14-9-8-10-15-22/h8-10,14-15,20-21H,3-7,11-13,16-19H2,1-2H3/q+1. The van der Waals surface area contributed by atoms with E-state index in [1.165, 1.54) is 76.3 Å². The molecule has 2 aromatic rings. The van der Waals surface area contributed by atoms with Gasteiger partial charge in [-0.3, -0.25) is 0 Å². The molecule has 0 aliphatic rings. The molecule has 0 bridgehead atoms. The highest BCUT2D eigenvalue weighted by atomic mass is 15.1. The molecule has 138 valence electrons. The van der Waals surface area contributed by atoms with Crippen molar-refractivity contribution in [2.24, 2.45) is 0 Å². The van der Waals surface area contributed by atoms with E-state index >= 15 is 0 Å². The van der Waals surface area contributed by atoms with Gasteiger partial charge < -0.3 is 0 Å². The summed E-state index contributed by atoms with van der Waals surface area (Å²) in [6.45, 7) is 6.89. The highest BCUT2D eigenvalue weighted by molar-refractivity contribution is 5.14. The maximum absolute atomic E-state index is 2.52. The summed E-state index contributed by atoms with van der Waals surface area (Å²) in [5, 5.41) is 0. The van der Waals surface area contributed by atoms with Crippen LogP contribution in [0, 0.1) is 0 Å². The maximum atomic E-state index is 2.52. The third-order valence-corrected chi connectivity index (χ3v) is 5.05. The molecule has 2 heteroatoms. The highest BCUT2D eigenvalue weighted by Gasteiger charge is 2.16. The molecule has 1 aromatic heterocycles. The molecule has 25 heavy (non-hydrogen) atoms. The summed E-state index contributed by atoms with van der Waals surface area (Å²) in [6, 6.07) is 10.9. The minimum Gasteiger partial charge on any atom is -0.234 e. The predicted molar refractivity (Wildman–Crippen MR) is 107 cm³/mol. The normalized spacial score (nSPS) is 11.1. The minimum atomic E-state index is 1.14. The van der Waals surface area contributed by atoms with Gasteiger partial charge in [0.2, 0.25) is 0 Å². The Hall–Kier alpha value is -1.57. The van der Waals surface area contributed by atoms with Crippen molar-refractivity contribution in [2.45, 2.75) is 91.1 Å². The van der Waals surface area contributed by atoms with Crippen LogP contribution in [0.1, 0.15) is 76.6 Å². The van der Waals surface area contributed by atoms with Crippen molar-refractivity contribution in [3.05, 3.63) is 54.1 Å². The van der Waals surface area contributed by atoms with Crippen LogP contribution in [0.2, 0.25) is 0 Å². The second-order valence-corrected chi connectivity index (χ2v) is 7.21. The average molecular weight is 342 g/mol. The van der Waals surface area contributed by atoms with Crippen LogP contribution in [0.5, 0.6) is 0 Å². The fourth-order valence-electron chi connectivity index (χ4n) is 3.53. The Kier molecular flexibility index (Phi) is 9.40. The van der Waals surface area contributed by atoms with Gasteiger partial charge in [-0.1, -0.05) is 69.9 Å². The lowest BCUT2D eigenvalue weighted by atomic mass is 10.1. The second-order valence-electron chi connectivity index (χ2n) is 7.21. The molecule has 0 saturated carbocycles. The molecule has 2 rings (SSSR count). The van der Waals surface area contributed by atoms with Crippen LogP contribution in [-0.2, 0) is 25.9 Å². The summed E-state index contributed by atoms with van der Waals surface area (Å²) >= 11 is 0. The van der Waals surface area contributed by atoms with Gasteiger partial charge in [0.05, 0.1) is 13.1 Å². The van der Waals surface area contributed by atoms with Crippen LogP contribution in [0.15, 0.2) is 42.7 Å². The zero-order valence-corrected chi connectivity index (χ0v) is 16.4. The number of unbranched alkanes of at least 4 members (excludes halogenated alkanes) is 5. The third kappa shape index (κ3) is 7.05. The van der Waals surface area contributed by atoms with Crippen molar-refractivity contribution >= 4 is 0 Å². The van der Waals surface area contributed by atoms with Gasteiger partial charge in [-0.15, -0.1) is 0 Å². The summed E-state index contributed by atoms with van der Waals surface area (Å²) in [5.41, 5.74) is 1.45. The Morgan fingerprint density at radius 1 is 0.800 bits per heavy atom. The van der Waals surface area contributed by atoms with Gasteiger partial charge in [0, 0.05) is 6.42 Å². The third-order valence-electron chi connectivity index (χ3n) is 5.05. The van der Waals surface area contributed by atoms with E-state index in [1.54, 1.807) is 5.82 Å². The summed E-state index contributed by atoms with van der Waals surface area (Å²) in [5.74, 6) is 1.54. The number of aryl methyl sites for hydroxylation is 3. The van der Waals surface area contributed by atoms with Gasteiger partial charge >= 0.3 is 0 Å². The number of aromatic nitrogens is 2. The van der Waals surface area contributed by atoms with Gasteiger partial charge in [-0.05, 0) is 37.7 Å². The number of nitrogens with zero attached hydrogens (tertiary/aromatic N) is 2. The first-order chi connectivity index (χ1) is 12.3. The van der Waals surface area contributed by atoms with Crippen molar-refractivity contribution in [1.82, 2.24) is 4.57 Å². The van der Waals surface area contributed by atoms with E-state index in [9.17, 15) is 0 Å². The number of hydrogen-bond donors (Lipinski definition) is 0. The molecule has 0 fully saturated rings. The molecule has 0 spiro atoms. The molecule has 2 nitrogen and oxygen atoms in total. The Labute approximate surface area is 154 Å². The number of benzene rings is 1. The van der Waals surface area contributed by atoms with Gasteiger partial charge in [-0.25, -0.2) is 9.13 Å². The molecular formula is C23H37N2+. The van der Waals surface area contributed by atoms with Crippen LogP contribution in [0.3, 0.4) is 0 Å². The molecule has 0 aliphatic carbocycles. The van der Waals surface area contributed by atoms with E-state index in [2.05, 4.69) is 65.7 Å². The maximum Gasteiger partial charge on any atom is 0.256 e. The first-order valence-electron chi connectivity index (χ1n) is 10.5. The molecule has 0 unspecified atom stereocenters. The van der Waals surface area contributed by atoms with E-state index in [-0.39, 0.29) is 0 Å². The van der Waals surface area contributed by atoms with E-state index in [4.69, 9.17) is 0 Å². The Morgan fingerprint density at radius 3 is 2.32 bits per heavy atom. The molecule has 0 N–H and O–H groups in total. The highest BCUT2D eigenvalue weighted by Crippen LogP contribution is 2.09. The molecule has 0 atom stereocenters. The van der Waals surface area contributed by atoms with Gasteiger partial charge in [0.1, 0.15) is 12.4 Å². The van der Waals surface area contributed by atoms with Crippen LogP contribution < -0.4 is 4.57 Å². The van der Waals surface area contributed by atoms with Gasteiger partial charge in [0.15, 0.2) is 0 Å². The predicted octanol–water partition coefficient (Wildman–Crippen LogP) is 5.72. The summed E-state index contributed by atoms with van der Waals surface area (Å²) < 4.78 is 5.03.